The molecule has 164 valence electrons. The molecule has 0 unspecified atom stereocenters. The molecule has 1 heterocycles. The number of carbonyl (C=O) groups is 3. The fourth-order valence-corrected chi connectivity index (χ4v) is 4.14. The van der Waals surface area contributed by atoms with Gasteiger partial charge in [0.1, 0.15) is 0 Å². The van der Waals surface area contributed by atoms with E-state index in [9.17, 15) is 19.5 Å². The summed E-state index contributed by atoms with van der Waals surface area (Å²) in [6, 6.07) is 22.0. The van der Waals surface area contributed by atoms with E-state index in [-0.39, 0.29) is 17.0 Å². The van der Waals surface area contributed by atoms with Crippen molar-refractivity contribution in [3.63, 3.8) is 0 Å². The zero-order valence-corrected chi connectivity index (χ0v) is 18.0. The lowest BCUT2D eigenvalue weighted by molar-refractivity contribution is -0.136. The Bertz CT molecular complexity index is 1300. The number of thioether (sulfide) groups is 1. The first-order chi connectivity index (χ1) is 15.9. The number of aliphatic carboxylic acids is 1. The predicted molar refractivity (Wildman–Crippen MR) is 127 cm³/mol. The Labute approximate surface area is 193 Å². The highest BCUT2D eigenvalue weighted by Gasteiger charge is 2.24. The average Bonchev–Trinajstić information content (AvgIpc) is 3.14. The first kappa shape index (κ1) is 22.0. The van der Waals surface area contributed by atoms with Crippen molar-refractivity contribution in [2.45, 2.75) is 6.42 Å². The van der Waals surface area contributed by atoms with Gasteiger partial charge in [-0.2, -0.15) is 0 Å². The first-order valence-corrected chi connectivity index (χ1v) is 10.7. The van der Waals surface area contributed by atoms with Crippen molar-refractivity contribution in [3.8, 4) is 11.1 Å². The molecule has 0 spiro atoms. The Kier molecular flexibility index (Phi) is 6.37. The molecule has 0 aliphatic carbocycles. The number of nitrogens with zero attached hydrogens (tertiary/aromatic N) is 1. The minimum atomic E-state index is -1.24. The number of rotatable bonds is 6. The van der Waals surface area contributed by atoms with E-state index < -0.39 is 18.4 Å². The lowest BCUT2D eigenvalue weighted by Gasteiger charge is -2.05. The molecule has 1 fully saturated rings. The van der Waals surface area contributed by atoms with E-state index in [1.807, 2.05) is 54.6 Å². The number of carboxylic acid groups (broad SMARTS) is 2. The molecule has 1 amide bonds. The first-order valence-electron chi connectivity index (χ1n) is 9.92. The van der Waals surface area contributed by atoms with Crippen LogP contribution in [-0.4, -0.2) is 33.2 Å². The molecule has 1 aliphatic rings. The van der Waals surface area contributed by atoms with Crippen LogP contribution in [0.15, 0.2) is 82.7 Å². The van der Waals surface area contributed by atoms with Gasteiger partial charge in [-0.05, 0) is 52.2 Å². The van der Waals surface area contributed by atoms with Gasteiger partial charge in [-0.15, -0.1) is 0 Å². The number of benzene rings is 3. The third kappa shape index (κ3) is 5.36. The zero-order valence-electron chi connectivity index (χ0n) is 17.2. The molecule has 33 heavy (non-hydrogen) atoms. The van der Waals surface area contributed by atoms with Crippen molar-refractivity contribution >= 4 is 46.5 Å². The summed E-state index contributed by atoms with van der Waals surface area (Å²) in [6.45, 7) is 0. The summed E-state index contributed by atoms with van der Waals surface area (Å²) in [5.41, 5.74) is 3.39. The molecule has 7 nitrogen and oxygen atoms in total. The second-order valence-electron chi connectivity index (χ2n) is 7.19. The van der Waals surface area contributed by atoms with Gasteiger partial charge in [-0.1, -0.05) is 60.7 Å². The van der Waals surface area contributed by atoms with E-state index in [1.54, 1.807) is 6.08 Å². The second kappa shape index (κ2) is 9.54. The Morgan fingerprint density at radius 3 is 2.30 bits per heavy atom. The SMILES string of the molecule is O=C(O)Cc1ccc(N=C2NC(=O)/C(=C\c3ccc(-c4ccccc4)cc3)S2)cc1C(=O)O. The minimum Gasteiger partial charge on any atom is -0.481 e. The average molecular weight is 458 g/mol. The number of hydrogen-bond acceptors (Lipinski definition) is 5. The van der Waals surface area contributed by atoms with Gasteiger partial charge >= 0.3 is 11.9 Å². The van der Waals surface area contributed by atoms with Gasteiger partial charge in [0.15, 0.2) is 5.17 Å². The molecule has 0 saturated carbocycles. The molecule has 8 heteroatoms. The molecular formula is C25H18N2O5S. The van der Waals surface area contributed by atoms with Crippen LogP contribution in [0.3, 0.4) is 0 Å². The summed E-state index contributed by atoms with van der Waals surface area (Å²) < 4.78 is 0. The lowest BCUT2D eigenvalue weighted by atomic mass is 10.0. The number of nitrogens with one attached hydrogen (secondary N) is 1. The molecular weight excluding hydrogens is 440 g/mol. The van der Waals surface area contributed by atoms with E-state index in [1.165, 1.54) is 18.2 Å². The van der Waals surface area contributed by atoms with Crippen molar-refractivity contribution in [3.05, 3.63) is 94.4 Å². The summed E-state index contributed by atoms with van der Waals surface area (Å²) in [6.07, 6.45) is 1.36. The lowest BCUT2D eigenvalue weighted by Crippen LogP contribution is -2.19. The zero-order chi connectivity index (χ0) is 23.4. The number of carboxylic acids is 2. The topological polar surface area (TPSA) is 116 Å². The van der Waals surface area contributed by atoms with Crippen LogP contribution in [0.5, 0.6) is 0 Å². The Morgan fingerprint density at radius 1 is 0.939 bits per heavy atom. The van der Waals surface area contributed by atoms with Crippen LogP contribution in [0.1, 0.15) is 21.5 Å². The quantitative estimate of drug-likeness (QED) is 0.466. The standard InChI is InChI=1S/C25H18N2O5S/c28-22(29)13-18-10-11-19(14-20(18)24(31)32)26-25-27-23(30)21(33-25)12-15-6-8-17(9-7-15)16-4-2-1-3-5-16/h1-12,14H,13H2,(H,28,29)(H,31,32)(H,26,27,30)/b21-12+. The third-order valence-electron chi connectivity index (χ3n) is 4.86. The number of amidine groups is 1. The van der Waals surface area contributed by atoms with Crippen molar-refractivity contribution in [1.29, 1.82) is 0 Å². The number of amides is 1. The van der Waals surface area contributed by atoms with Crippen molar-refractivity contribution in [2.24, 2.45) is 4.99 Å². The highest BCUT2D eigenvalue weighted by molar-refractivity contribution is 8.18. The van der Waals surface area contributed by atoms with Crippen LogP contribution in [0, 0.1) is 0 Å². The molecule has 4 rings (SSSR count). The van der Waals surface area contributed by atoms with Crippen LogP contribution in [0.25, 0.3) is 17.2 Å². The Hall–Kier alpha value is -4.17. The van der Waals surface area contributed by atoms with E-state index in [2.05, 4.69) is 10.3 Å². The maximum Gasteiger partial charge on any atom is 0.336 e. The van der Waals surface area contributed by atoms with Gasteiger partial charge in [0, 0.05) is 0 Å². The fraction of sp³-hybridized carbons (Fsp3) is 0.0400. The highest BCUT2D eigenvalue weighted by atomic mass is 32.2. The third-order valence-corrected chi connectivity index (χ3v) is 5.77. The van der Waals surface area contributed by atoms with Gasteiger partial charge < -0.3 is 15.5 Å². The van der Waals surface area contributed by atoms with Crippen LogP contribution < -0.4 is 5.32 Å². The van der Waals surface area contributed by atoms with Gasteiger partial charge in [-0.3, -0.25) is 9.59 Å². The van der Waals surface area contributed by atoms with Gasteiger partial charge in [0.05, 0.1) is 22.6 Å². The normalized spacial score (nSPS) is 15.6. The molecule has 0 aromatic heterocycles. The molecule has 0 radical (unpaired) electrons. The molecule has 0 atom stereocenters. The Morgan fingerprint density at radius 2 is 1.64 bits per heavy atom. The number of aromatic carboxylic acids is 1. The van der Waals surface area contributed by atoms with Crippen LogP contribution >= 0.6 is 11.8 Å². The number of aliphatic imine (C=N–C) groups is 1. The summed E-state index contributed by atoms with van der Waals surface area (Å²) in [4.78, 5) is 39.6. The number of hydrogen-bond donors (Lipinski definition) is 3. The Balaban J connectivity index is 1.53. The maximum absolute atomic E-state index is 12.4. The van der Waals surface area contributed by atoms with Crippen molar-refractivity contribution < 1.29 is 24.6 Å². The number of carbonyl (C=O) groups excluding carboxylic acids is 1. The van der Waals surface area contributed by atoms with Crippen LogP contribution in [0.2, 0.25) is 0 Å². The fourth-order valence-electron chi connectivity index (χ4n) is 3.30. The monoisotopic (exact) mass is 458 g/mol. The molecule has 3 aromatic carbocycles. The molecule has 3 N–H and O–H groups in total. The maximum atomic E-state index is 12.4. The van der Waals surface area contributed by atoms with Crippen LogP contribution in [-0.2, 0) is 16.0 Å². The molecule has 3 aromatic rings. The van der Waals surface area contributed by atoms with E-state index in [4.69, 9.17) is 5.11 Å². The van der Waals surface area contributed by atoms with E-state index >= 15 is 0 Å². The summed E-state index contributed by atoms with van der Waals surface area (Å²) in [7, 11) is 0. The minimum absolute atomic E-state index is 0.136. The summed E-state index contributed by atoms with van der Waals surface area (Å²) in [5.74, 6) is -2.66. The van der Waals surface area contributed by atoms with Gasteiger partial charge in [0.25, 0.3) is 5.91 Å². The predicted octanol–water partition coefficient (Wildman–Crippen LogP) is 4.57. The van der Waals surface area contributed by atoms with Crippen molar-refractivity contribution in [2.75, 3.05) is 0 Å². The summed E-state index contributed by atoms with van der Waals surface area (Å²) in [5, 5.41) is 21.3. The van der Waals surface area contributed by atoms with Crippen LogP contribution in [0.4, 0.5) is 5.69 Å². The highest BCUT2D eigenvalue weighted by Crippen LogP contribution is 2.29. The van der Waals surface area contributed by atoms with Crippen molar-refractivity contribution in [1.82, 2.24) is 5.32 Å². The molecule has 1 saturated heterocycles. The molecule has 1 aliphatic heterocycles. The smallest absolute Gasteiger partial charge is 0.336 e. The summed E-state index contributed by atoms with van der Waals surface area (Å²) >= 11 is 1.15. The molecule has 0 bridgehead atoms. The van der Waals surface area contributed by atoms with E-state index in [0.717, 1.165) is 28.5 Å². The van der Waals surface area contributed by atoms with Gasteiger partial charge in [0.2, 0.25) is 0 Å². The van der Waals surface area contributed by atoms with Gasteiger partial charge in [-0.25, -0.2) is 9.79 Å². The van der Waals surface area contributed by atoms with E-state index in [0.29, 0.717) is 15.8 Å². The second-order valence-corrected chi connectivity index (χ2v) is 8.22. The largest absolute Gasteiger partial charge is 0.481 e.